The Morgan fingerprint density at radius 3 is 2.95 bits per heavy atom. The highest BCUT2D eigenvalue weighted by atomic mass is 32.1. The lowest BCUT2D eigenvalue weighted by Crippen LogP contribution is -2.44. The molecular weight excluding hydrogens is 316 g/mol. The number of hydrogen-bond donors (Lipinski definition) is 2. The number of rotatable bonds is 5. The van der Waals surface area contributed by atoms with Crippen LogP contribution in [0.2, 0.25) is 0 Å². The predicted molar refractivity (Wildman–Crippen MR) is 95.2 cm³/mol. The highest BCUT2D eigenvalue weighted by Gasteiger charge is 2.09. The van der Waals surface area contributed by atoms with Gasteiger partial charge in [0.25, 0.3) is 0 Å². The maximum atomic E-state index is 5.36. The molecule has 1 aliphatic heterocycles. The molecule has 22 heavy (non-hydrogen) atoms. The van der Waals surface area contributed by atoms with E-state index in [0.29, 0.717) is 0 Å². The minimum absolute atomic E-state index is 0.823. The summed E-state index contributed by atoms with van der Waals surface area (Å²) in [4.78, 5) is 8.04. The Morgan fingerprint density at radius 1 is 1.32 bits per heavy atom. The van der Waals surface area contributed by atoms with Crippen LogP contribution in [0.25, 0.3) is 9.40 Å². The van der Waals surface area contributed by atoms with Crippen molar-refractivity contribution in [3.63, 3.8) is 0 Å². The number of aliphatic imine (C=N–C) groups is 1. The first kappa shape index (κ1) is 15.7. The van der Waals surface area contributed by atoms with Crippen molar-refractivity contribution in [2.75, 3.05) is 46.4 Å². The Hall–Kier alpha value is -1.15. The van der Waals surface area contributed by atoms with Gasteiger partial charge in [-0.1, -0.05) is 0 Å². The lowest BCUT2D eigenvalue weighted by Gasteiger charge is -2.26. The van der Waals surface area contributed by atoms with Crippen molar-refractivity contribution in [1.29, 1.82) is 0 Å². The Balaban J connectivity index is 1.40. The molecule has 3 heterocycles. The molecule has 0 aliphatic carbocycles. The van der Waals surface area contributed by atoms with Crippen LogP contribution >= 0.6 is 22.7 Å². The van der Waals surface area contributed by atoms with Crippen molar-refractivity contribution >= 4 is 38.0 Å². The molecule has 1 aliphatic rings. The second-order valence-electron chi connectivity index (χ2n) is 5.17. The summed E-state index contributed by atoms with van der Waals surface area (Å²) in [6.45, 7) is 6.51. The smallest absolute Gasteiger partial charge is 0.191 e. The van der Waals surface area contributed by atoms with Crippen molar-refractivity contribution in [3.8, 4) is 0 Å². The number of guanidine groups is 1. The minimum Gasteiger partial charge on any atom is -0.379 e. The normalized spacial score (nSPS) is 17.0. The van der Waals surface area contributed by atoms with E-state index in [1.807, 2.05) is 18.4 Å². The summed E-state index contributed by atoms with van der Waals surface area (Å²) in [6.07, 6.45) is 0. The third kappa shape index (κ3) is 4.19. The van der Waals surface area contributed by atoms with Crippen LogP contribution < -0.4 is 10.6 Å². The van der Waals surface area contributed by atoms with Crippen molar-refractivity contribution in [2.45, 2.75) is 6.54 Å². The van der Waals surface area contributed by atoms with Gasteiger partial charge in [0.1, 0.15) is 0 Å². The van der Waals surface area contributed by atoms with Crippen molar-refractivity contribution < 1.29 is 4.74 Å². The first-order chi connectivity index (χ1) is 10.8. The average Bonchev–Trinajstić information content (AvgIpc) is 3.13. The van der Waals surface area contributed by atoms with Gasteiger partial charge in [0.15, 0.2) is 5.96 Å². The van der Waals surface area contributed by atoms with Gasteiger partial charge in [-0.2, -0.15) is 0 Å². The maximum absolute atomic E-state index is 5.36. The van der Waals surface area contributed by atoms with Crippen LogP contribution in [-0.4, -0.2) is 57.3 Å². The zero-order valence-corrected chi connectivity index (χ0v) is 14.4. The average molecular weight is 339 g/mol. The number of ether oxygens (including phenoxy) is 1. The van der Waals surface area contributed by atoms with E-state index in [9.17, 15) is 0 Å². The Bertz CT molecular complexity index is 587. The fourth-order valence-corrected chi connectivity index (χ4v) is 4.53. The van der Waals surface area contributed by atoms with Gasteiger partial charge in [-0.05, 0) is 17.5 Å². The van der Waals surface area contributed by atoms with E-state index in [2.05, 4.69) is 38.0 Å². The summed E-state index contributed by atoms with van der Waals surface area (Å²) in [7, 11) is 1.82. The number of nitrogens with one attached hydrogen (secondary N) is 2. The highest BCUT2D eigenvalue weighted by Crippen LogP contribution is 2.29. The molecule has 120 valence electrons. The number of fused-ring (bicyclic) bond motifs is 1. The van der Waals surface area contributed by atoms with Gasteiger partial charge < -0.3 is 15.4 Å². The van der Waals surface area contributed by atoms with Crippen molar-refractivity contribution in [2.24, 2.45) is 4.99 Å². The molecule has 3 rings (SSSR count). The van der Waals surface area contributed by atoms with E-state index in [-0.39, 0.29) is 0 Å². The fourth-order valence-electron chi connectivity index (χ4n) is 2.45. The van der Waals surface area contributed by atoms with Gasteiger partial charge in [-0.15, -0.1) is 22.7 Å². The number of hydrogen-bond acceptors (Lipinski definition) is 5. The van der Waals surface area contributed by atoms with E-state index in [0.717, 1.165) is 51.9 Å². The molecule has 2 N–H and O–H groups in total. The van der Waals surface area contributed by atoms with E-state index in [1.54, 1.807) is 11.3 Å². The van der Waals surface area contributed by atoms with Gasteiger partial charge in [0.2, 0.25) is 0 Å². The largest absolute Gasteiger partial charge is 0.379 e. The SMILES string of the molecule is CN=C(NCCN1CCOCC1)NCc1cc2sccc2s1. The Kier molecular flexibility index (Phi) is 5.66. The van der Waals surface area contributed by atoms with Crippen LogP contribution in [0.15, 0.2) is 22.5 Å². The quantitative estimate of drug-likeness (QED) is 0.646. The van der Waals surface area contributed by atoms with Crippen molar-refractivity contribution in [1.82, 2.24) is 15.5 Å². The topological polar surface area (TPSA) is 48.9 Å². The third-order valence-electron chi connectivity index (χ3n) is 3.67. The predicted octanol–water partition coefficient (Wildman–Crippen LogP) is 1.96. The van der Waals surface area contributed by atoms with Crippen LogP contribution in [0.3, 0.4) is 0 Å². The maximum Gasteiger partial charge on any atom is 0.191 e. The van der Waals surface area contributed by atoms with Crippen molar-refractivity contribution in [3.05, 3.63) is 22.4 Å². The molecule has 1 fully saturated rings. The first-order valence-corrected chi connectivity index (χ1v) is 9.25. The van der Waals surface area contributed by atoms with E-state index >= 15 is 0 Å². The minimum atomic E-state index is 0.823. The monoisotopic (exact) mass is 338 g/mol. The van der Waals surface area contributed by atoms with Gasteiger partial charge in [0.05, 0.1) is 19.8 Å². The van der Waals surface area contributed by atoms with Crippen LogP contribution in [-0.2, 0) is 11.3 Å². The van der Waals surface area contributed by atoms with Gasteiger partial charge in [-0.3, -0.25) is 9.89 Å². The molecule has 7 heteroatoms. The second kappa shape index (κ2) is 7.92. The molecule has 2 aromatic rings. The summed E-state index contributed by atoms with van der Waals surface area (Å²) in [5, 5.41) is 8.91. The Morgan fingerprint density at radius 2 is 2.18 bits per heavy atom. The molecule has 0 aromatic carbocycles. The number of thiophene rings is 2. The summed E-state index contributed by atoms with van der Waals surface area (Å²) < 4.78 is 8.10. The van der Waals surface area contributed by atoms with Crippen LogP contribution in [0.1, 0.15) is 4.88 Å². The van der Waals surface area contributed by atoms with Gasteiger partial charge in [-0.25, -0.2) is 0 Å². The third-order valence-corrected chi connectivity index (χ3v) is 5.76. The molecular formula is C15H22N4OS2. The molecule has 0 amide bonds. The molecule has 0 saturated carbocycles. The van der Waals surface area contributed by atoms with E-state index in [1.165, 1.54) is 14.3 Å². The molecule has 2 aromatic heterocycles. The molecule has 0 spiro atoms. The first-order valence-electron chi connectivity index (χ1n) is 7.55. The number of nitrogens with zero attached hydrogens (tertiary/aromatic N) is 2. The summed E-state index contributed by atoms with van der Waals surface area (Å²) in [5.74, 6) is 0.866. The lowest BCUT2D eigenvalue weighted by molar-refractivity contribution is 0.0389. The second-order valence-corrected chi connectivity index (χ2v) is 7.28. The zero-order valence-electron chi connectivity index (χ0n) is 12.8. The summed E-state index contributed by atoms with van der Waals surface area (Å²) >= 11 is 3.64. The zero-order chi connectivity index (χ0) is 15.2. The van der Waals surface area contributed by atoms with E-state index in [4.69, 9.17) is 4.74 Å². The summed E-state index contributed by atoms with van der Waals surface area (Å²) in [6, 6.07) is 4.45. The standard InChI is InChI=1S/C15H22N4OS2/c1-16-15(17-3-4-19-5-7-20-8-6-19)18-11-12-10-14-13(22-12)2-9-21-14/h2,9-10H,3-8,11H2,1H3,(H2,16,17,18). The molecule has 0 radical (unpaired) electrons. The molecule has 1 saturated heterocycles. The lowest BCUT2D eigenvalue weighted by atomic mass is 10.4. The number of morpholine rings is 1. The molecule has 0 bridgehead atoms. The van der Waals surface area contributed by atoms with Gasteiger partial charge in [0, 0.05) is 47.5 Å². The molecule has 0 atom stereocenters. The van der Waals surface area contributed by atoms with E-state index < -0.39 is 0 Å². The summed E-state index contributed by atoms with van der Waals surface area (Å²) in [5.41, 5.74) is 0. The van der Waals surface area contributed by atoms with Crippen LogP contribution in [0, 0.1) is 0 Å². The highest BCUT2D eigenvalue weighted by molar-refractivity contribution is 7.26. The Labute approximate surface area is 139 Å². The van der Waals surface area contributed by atoms with Crippen LogP contribution in [0.4, 0.5) is 0 Å². The molecule has 0 unspecified atom stereocenters. The molecule has 5 nitrogen and oxygen atoms in total. The fraction of sp³-hybridized carbons (Fsp3) is 0.533. The van der Waals surface area contributed by atoms with Crippen LogP contribution in [0.5, 0.6) is 0 Å². The van der Waals surface area contributed by atoms with Gasteiger partial charge >= 0.3 is 0 Å².